The fraction of sp³-hybridized carbons (Fsp3) is 0.611. The minimum atomic E-state index is -0.493. The van der Waals surface area contributed by atoms with Gasteiger partial charge in [-0.3, -0.25) is 5.32 Å². The summed E-state index contributed by atoms with van der Waals surface area (Å²) in [6, 6.07) is 8.25. The van der Waals surface area contributed by atoms with Crippen molar-refractivity contribution < 1.29 is 9.53 Å². The molecule has 2 N–H and O–H groups in total. The van der Waals surface area contributed by atoms with Gasteiger partial charge in [0.25, 0.3) is 0 Å². The highest BCUT2D eigenvalue weighted by Gasteiger charge is 2.16. The summed E-state index contributed by atoms with van der Waals surface area (Å²) in [6.45, 7) is 9.95. The SMILES string of the molecule is CCCC(CCC)Nc1cccc(NC(=O)OC(C)(C)C)c1. The van der Waals surface area contributed by atoms with Crippen LogP contribution in [0.1, 0.15) is 60.3 Å². The molecule has 1 amide bonds. The number of anilines is 2. The third-order valence-corrected chi connectivity index (χ3v) is 3.15. The quantitative estimate of drug-likeness (QED) is 0.707. The molecule has 22 heavy (non-hydrogen) atoms. The first-order chi connectivity index (χ1) is 10.3. The third kappa shape index (κ3) is 7.34. The van der Waals surface area contributed by atoms with Gasteiger partial charge in [-0.2, -0.15) is 0 Å². The lowest BCUT2D eigenvalue weighted by Crippen LogP contribution is -2.27. The van der Waals surface area contributed by atoms with Crippen LogP contribution in [0.3, 0.4) is 0 Å². The molecule has 0 spiro atoms. The maximum Gasteiger partial charge on any atom is 0.412 e. The average molecular weight is 306 g/mol. The molecule has 1 rings (SSSR count). The van der Waals surface area contributed by atoms with E-state index in [0.717, 1.165) is 37.1 Å². The number of ether oxygens (including phenoxy) is 1. The fourth-order valence-electron chi connectivity index (χ4n) is 2.33. The zero-order chi connectivity index (χ0) is 16.6. The van der Waals surface area contributed by atoms with Crippen molar-refractivity contribution in [3.8, 4) is 0 Å². The van der Waals surface area contributed by atoms with Crippen molar-refractivity contribution in [1.82, 2.24) is 0 Å². The van der Waals surface area contributed by atoms with Gasteiger partial charge in [0, 0.05) is 17.4 Å². The second-order valence-electron chi connectivity index (χ2n) is 6.63. The maximum absolute atomic E-state index is 11.8. The largest absolute Gasteiger partial charge is 0.444 e. The van der Waals surface area contributed by atoms with Crippen LogP contribution in [0, 0.1) is 0 Å². The first kappa shape index (κ1) is 18.3. The van der Waals surface area contributed by atoms with Crippen molar-refractivity contribution in [1.29, 1.82) is 0 Å². The van der Waals surface area contributed by atoms with E-state index in [-0.39, 0.29) is 0 Å². The van der Waals surface area contributed by atoms with Crippen molar-refractivity contribution in [2.45, 2.75) is 71.9 Å². The minimum absolute atomic E-state index is 0.427. The molecular formula is C18H30N2O2. The van der Waals surface area contributed by atoms with Crippen LogP contribution < -0.4 is 10.6 Å². The van der Waals surface area contributed by atoms with E-state index in [9.17, 15) is 4.79 Å². The Morgan fingerprint density at radius 1 is 1.14 bits per heavy atom. The molecule has 0 atom stereocenters. The summed E-state index contributed by atoms with van der Waals surface area (Å²) in [6.07, 6.45) is 4.19. The molecule has 0 fully saturated rings. The van der Waals surface area contributed by atoms with Gasteiger partial charge in [0.2, 0.25) is 0 Å². The lowest BCUT2D eigenvalue weighted by atomic mass is 10.1. The Labute approximate surface area is 134 Å². The van der Waals surface area contributed by atoms with E-state index >= 15 is 0 Å². The molecule has 0 aliphatic carbocycles. The van der Waals surface area contributed by atoms with E-state index < -0.39 is 11.7 Å². The van der Waals surface area contributed by atoms with Gasteiger partial charge >= 0.3 is 6.09 Å². The van der Waals surface area contributed by atoms with Crippen LogP contribution in [-0.4, -0.2) is 17.7 Å². The first-order valence-electron chi connectivity index (χ1n) is 8.20. The van der Waals surface area contributed by atoms with Crippen LogP contribution in [0.5, 0.6) is 0 Å². The molecule has 0 aliphatic rings. The Balaban J connectivity index is 2.66. The van der Waals surface area contributed by atoms with Crippen LogP contribution in [0.25, 0.3) is 0 Å². The zero-order valence-electron chi connectivity index (χ0n) is 14.5. The van der Waals surface area contributed by atoms with Gasteiger partial charge in [-0.1, -0.05) is 32.8 Å². The zero-order valence-corrected chi connectivity index (χ0v) is 14.5. The maximum atomic E-state index is 11.8. The van der Waals surface area contributed by atoms with Gasteiger partial charge in [-0.25, -0.2) is 4.79 Å². The molecule has 0 saturated carbocycles. The highest BCUT2D eigenvalue weighted by Crippen LogP contribution is 2.19. The highest BCUT2D eigenvalue weighted by atomic mass is 16.6. The van der Waals surface area contributed by atoms with Gasteiger partial charge in [-0.15, -0.1) is 0 Å². The number of nitrogens with one attached hydrogen (secondary N) is 2. The molecule has 0 aliphatic heterocycles. The molecule has 0 heterocycles. The van der Waals surface area contributed by atoms with E-state index in [1.807, 2.05) is 45.0 Å². The summed E-state index contributed by atoms with van der Waals surface area (Å²) in [5, 5.41) is 6.33. The fourth-order valence-corrected chi connectivity index (χ4v) is 2.33. The van der Waals surface area contributed by atoms with E-state index in [1.54, 1.807) is 0 Å². The van der Waals surface area contributed by atoms with Crippen LogP contribution >= 0.6 is 0 Å². The molecule has 124 valence electrons. The van der Waals surface area contributed by atoms with Crippen LogP contribution in [0.2, 0.25) is 0 Å². The summed E-state index contributed by atoms with van der Waals surface area (Å²) < 4.78 is 5.27. The van der Waals surface area contributed by atoms with Gasteiger partial charge in [0.15, 0.2) is 0 Å². The van der Waals surface area contributed by atoms with Crippen molar-refractivity contribution >= 4 is 17.5 Å². The lowest BCUT2D eigenvalue weighted by molar-refractivity contribution is 0.0636. The van der Waals surface area contributed by atoms with E-state index in [0.29, 0.717) is 6.04 Å². The van der Waals surface area contributed by atoms with Gasteiger partial charge in [0.05, 0.1) is 0 Å². The lowest BCUT2D eigenvalue weighted by Gasteiger charge is -2.21. The topological polar surface area (TPSA) is 50.4 Å². The summed E-state index contributed by atoms with van der Waals surface area (Å²) in [5.74, 6) is 0. The van der Waals surface area contributed by atoms with Gasteiger partial charge in [-0.05, 0) is 51.8 Å². The summed E-state index contributed by atoms with van der Waals surface area (Å²) >= 11 is 0. The van der Waals surface area contributed by atoms with E-state index in [4.69, 9.17) is 4.74 Å². The molecule has 4 nitrogen and oxygen atoms in total. The first-order valence-corrected chi connectivity index (χ1v) is 8.20. The summed E-state index contributed by atoms with van der Waals surface area (Å²) in [5.41, 5.74) is 1.28. The Kier molecular flexibility index (Phi) is 7.22. The Morgan fingerprint density at radius 3 is 2.27 bits per heavy atom. The predicted octanol–water partition coefficient (Wildman–Crippen LogP) is 5.41. The van der Waals surface area contributed by atoms with Crippen LogP contribution in [0.15, 0.2) is 24.3 Å². The average Bonchev–Trinajstić information content (AvgIpc) is 2.37. The number of hydrogen-bond donors (Lipinski definition) is 2. The molecule has 4 heteroatoms. The van der Waals surface area contributed by atoms with Crippen molar-refractivity contribution in [2.24, 2.45) is 0 Å². The third-order valence-electron chi connectivity index (χ3n) is 3.15. The van der Waals surface area contributed by atoms with Crippen molar-refractivity contribution in [3.63, 3.8) is 0 Å². The van der Waals surface area contributed by atoms with Gasteiger partial charge in [0.1, 0.15) is 5.60 Å². The summed E-state index contributed by atoms with van der Waals surface area (Å²) in [7, 11) is 0. The number of carbonyl (C=O) groups excluding carboxylic acids is 1. The standard InChI is InChI=1S/C18H30N2O2/c1-6-9-14(10-7-2)19-15-11-8-12-16(13-15)20-17(21)22-18(3,4)5/h8,11-14,19H,6-7,9-10H2,1-5H3,(H,20,21). The predicted molar refractivity (Wildman–Crippen MR) is 93.5 cm³/mol. The molecule has 0 aromatic heterocycles. The molecule has 0 unspecified atom stereocenters. The molecule has 0 saturated heterocycles. The van der Waals surface area contributed by atoms with Crippen molar-refractivity contribution in [3.05, 3.63) is 24.3 Å². The number of benzene rings is 1. The highest BCUT2D eigenvalue weighted by molar-refractivity contribution is 5.85. The molecule has 1 aromatic carbocycles. The molecule has 0 bridgehead atoms. The van der Waals surface area contributed by atoms with Crippen LogP contribution in [0.4, 0.5) is 16.2 Å². The summed E-state index contributed by atoms with van der Waals surface area (Å²) in [4.78, 5) is 11.8. The second-order valence-corrected chi connectivity index (χ2v) is 6.63. The molecule has 0 radical (unpaired) electrons. The number of carbonyl (C=O) groups is 1. The van der Waals surface area contributed by atoms with E-state index in [2.05, 4.69) is 24.5 Å². The second kappa shape index (κ2) is 8.66. The minimum Gasteiger partial charge on any atom is -0.444 e. The Morgan fingerprint density at radius 2 is 1.73 bits per heavy atom. The Hall–Kier alpha value is -1.71. The Bertz CT molecular complexity index is 460. The van der Waals surface area contributed by atoms with Gasteiger partial charge < -0.3 is 10.1 Å². The normalized spacial score (nSPS) is 11.4. The molecule has 1 aromatic rings. The van der Waals surface area contributed by atoms with Crippen LogP contribution in [-0.2, 0) is 4.74 Å². The number of hydrogen-bond acceptors (Lipinski definition) is 3. The molecular weight excluding hydrogens is 276 g/mol. The number of rotatable bonds is 7. The van der Waals surface area contributed by atoms with E-state index in [1.165, 1.54) is 0 Å². The van der Waals surface area contributed by atoms with Crippen molar-refractivity contribution in [2.75, 3.05) is 10.6 Å². The number of amides is 1. The monoisotopic (exact) mass is 306 g/mol. The smallest absolute Gasteiger partial charge is 0.412 e.